The van der Waals surface area contributed by atoms with E-state index in [1.165, 1.54) is 12.1 Å². The van der Waals surface area contributed by atoms with Gasteiger partial charge in [-0.2, -0.15) is 0 Å². The van der Waals surface area contributed by atoms with Crippen LogP contribution in [-0.2, 0) is 6.42 Å². The van der Waals surface area contributed by atoms with Gasteiger partial charge >= 0.3 is 0 Å². The van der Waals surface area contributed by atoms with Crippen LogP contribution in [0.5, 0.6) is 0 Å². The van der Waals surface area contributed by atoms with Crippen LogP contribution in [0.4, 0.5) is 4.39 Å². The van der Waals surface area contributed by atoms with Gasteiger partial charge in [0.15, 0.2) is 0 Å². The van der Waals surface area contributed by atoms with Gasteiger partial charge in [-0.05, 0) is 50.1 Å². The van der Waals surface area contributed by atoms with Gasteiger partial charge in [0, 0.05) is 12.1 Å². The van der Waals surface area contributed by atoms with Crippen LogP contribution < -0.4 is 5.32 Å². The van der Waals surface area contributed by atoms with E-state index in [0.717, 1.165) is 16.7 Å². The quantitative estimate of drug-likeness (QED) is 0.907. The summed E-state index contributed by atoms with van der Waals surface area (Å²) in [6.07, 6.45) is 0.619. The van der Waals surface area contributed by atoms with Gasteiger partial charge in [-0.25, -0.2) is 4.39 Å². The first-order valence-corrected chi connectivity index (χ1v) is 6.65. The summed E-state index contributed by atoms with van der Waals surface area (Å²) in [6, 6.07) is 12.2. The third kappa shape index (κ3) is 3.92. The molecule has 0 saturated heterocycles. The maximum absolute atomic E-state index is 13.0. The monoisotopic (exact) mass is 271 g/mol. The highest BCUT2D eigenvalue weighted by Crippen LogP contribution is 2.09. The Bertz CT molecular complexity index is 602. The van der Waals surface area contributed by atoms with E-state index < -0.39 is 0 Å². The fraction of sp³-hybridized carbons (Fsp3) is 0.235. The molecular formula is C17H18FNO. The van der Waals surface area contributed by atoms with Crippen molar-refractivity contribution in [3.8, 4) is 0 Å². The Morgan fingerprint density at radius 2 is 1.80 bits per heavy atom. The van der Waals surface area contributed by atoms with E-state index in [4.69, 9.17) is 0 Å². The molecule has 0 aliphatic rings. The van der Waals surface area contributed by atoms with Gasteiger partial charge in [0.2, 0.25) is 0 Å². The minimum Gasteiger partial charge on any atom is -0.352 e. The minimum absolute atomic E-state index is 0.0896. The number of aryl methyl sites for hydroxylation is 2. The van der Waals surface area contributed by atoms with Crippen LogP contribution >= 0.6 is 0 Å². The zero-order valence-corrected chi connectivity index (χ0v) is 11.7. The third-order valence-electron chi connectivity index (χ3n) is 3.07. The van der Waals surface area contributed by atoms with Crippen molar-refractivity contribution in [3.63, 3.8) is 0 Å². The molecule has 0 unspecified atom stereocenters. The predicted molar refractivity (Wildman–Crippen MR) is 78.4 cm³/mol. The fourth-order valence-corrected chi connectivity index (χ4v) is 2.22. The highest BCUT2D eigenvalue weighted by Gasteiger charge is 2.06. The molecule has 2 nitrogen and oxygen atoms in total. The van der Waals surface area contributed by atoms with Crippen LogP contribution in [0, 0.1) is 19.7 Å². The zero-order valence-electron chi connectivity index (χ0n) is 11.7. The van der Waals surface area contributed by atoms with E-state index in [1.807, 2.05) is 38.1 Å². The highest BCUT2D eigenvalue weighted by atomic mass is 19.1. The molecule has 20 heavy (non-hydrogen) atoms. The topological polar surface area (TPSA) is 29.1 Å². The first-order chi connectivity index (χ1) is 9.54. The summed E-state index contributed by atoms with van der Waals surface area (Å²) in [7, 11) is 0. The summed E-state index contributed by atoms with van der Waals surface area (Å²) in [5, 5.41) is 2.86. The van der Waals surface area contributed by atoms with Crippen LogP contribution in [0.15, 0.2) is 42.5 Å². The zero-order chi connectivity index (χ0) is 14.5. The van der Waals surface area contributed by atoms with Gasteiger partial charge in [-0.1, -0.05) is 29.3 Å². The van der Waals surface area contributed by atoms with Crippen LogP contribution in [0.1, 0.15) is 27.0 Å². The summed E-state index contributed by atoms with van der Waals surface area (Å²) in [4.78, 5) is 12.0. The predicted octanol–water partition coefficient (Wildman–Crippen LogP) is 3.42. The van der Waals surface area contributed by atoms with Crippen molar-refractivity contribution >= 4 is 5.91 Å². The van der Waals surface area contributed by atoms with E-state index in [0.29, 0.717) is 18.5 Å². The first kappa shape index (κ1) is 14.3. The fourth-order valence-electron chi connectivity index (χ4n) is 2.22. The lowest BCUT2D eigenvalue weighted by Gasteiger charge is -2.07. The molecule has 0 aliphatic heterocycles. The normalized spacial score (nSPS) is 10.3. The Labute approximate surface area is 118 Å². The lowest BCUT2D eigenvalue weighted by Crippen LogP contribution is -2.25. The highest BCUT2D eigenvalue weighted by molar-refractivity contribution is 5.94. The van der Waals surface area contributed by atoms with Gasteiger partial charge in [-0.3, -0.25) is 4.79 Å². The number of amides is 1. The molecule has 3 heteroatoms. The molecule has 2 rings (SSSR count). The Balaban J connectivity index is 1.92. The second-order valence-electron chi connectivity index (χ2n) is 5.01. The number of benzene rings is 2. The van der Waals surface area contributed by atoms with Crippen molar-refractivity contribution in [2.75, 3.05) is 6.54 Å². The summed E-state index contributed by atoms with van der Waals surface area (Å²) >= 11 is 0. The number of nitrogens with one attached hydrogen (secondary N) is 1. The molecule has 2 aromatic carbocycles. The average molecular weight is 271 g/mol. The molecule has 1 amide bonds. The largest absolute Gasteiger partial charge is 0.352 e. The average Bonchev–Trinajstić information content (AvgIpc) is 2.37. The maximum atomic E-state index is 13.0. The number of halogens is 1. The Morgan fingerprint density at radius 1 is 1.10 bits per heavy atom. The standard InChI is InChI=1S/C17H18FNO/c1-12-8-13(2)10-15(9-12)17(20)19-7-6-14-4-3-5-16(18)11-14/h3-5,8-11H,6-7H2,1-2H3,(H,19,20). The summed E-state index contributed by atoms with van der Waals surface area (Å²) < 4.78 is 13.0. The molecule has 0 bridgehead atoms. The maximum Gasteiger partial charge on any atom is 0.251 e. The van der Waals surface area contributed by atoms with Crippen LogP contribution in [0.2, 0.25) is 0 Å². The number of rotatable bonds is 4. The van der Waals surface area contributed by atoms with Crippen LogP contribution in [0.25, 0.3) is 0 Å². The first-order valence-electron chi connectivity index (χ1n) is 6.65. The van der Waals surface area contributed by atoms with Gasteiger partial charge < -0.3 is 5.32 Å². The molecule has 0 saturated carbocycles. The summed E-state index contributed by atoms with van der Waals surface area (Å²) in [6.45, 7) is 4.43. The number of carbonyl (C=O) groups excluding carboxylic acids is 1. The molecule has 0 spiro atoms. The Kier molecular flexibility index (Phi) is 4.51. The van der Waals surface area contributed by atoms with Crippen LogP contribution in [-0.4, -0.2) is 12.5 Å². The van der Waals surface area contributed by atoms with Crippen molar-refractivity contribution in [1.82, 2.24) is 5.32 Å². The second kappa shape index (κ2) is 6.33. The van der Waals surface area contributed by atoms with E-state index in [9.17, 15) is 9.18 Å². The SMILES string of the molecule is Cc1cc(C)cc(C(=O)NCCc2cccc(F)c2)c1. The molecule has 0 heterocycles. The van der Waals surface area contributed by atoms with Crippen molar-refractivity contribution in [3.05, 3.63) is 70.5 Å². The minimum atomic E-state index is -0.247. The van der Waals surface area contributed by atoms with E-state index >= 15 is 0 Å². The molecule has 104 valence electrons. The van der Waals surface area contributed by atoms with Gasteiger partial charge in [0.25, 0.3) is 5.91 Å². The van der Waals surface area contributed by atoms with E-state index in [1.54, 1.807) is 6.07 Å². The molecule has 0 fully saturated rings. The van der Waals surface area contributed by atoms with E-state index in [2.05, 4.69) is 5.32 Å². The molecule has 0 aromatic heterocycles. The number of hydrogen-bond donors (Lipinski definition) is 1. The Morgan fingerprint density at radius 3 is 2.45 bits per heavy atom. The molecule has 0 aliphatic carbocycles. The second-order valence-corrected chi connectivity index (χ2v) is 5.01. The molecule has 0 radical (unpaired) electrons. The molecule has 0 atom stereocenters. The van der Waals surface area contributed by atoms with Crippen molar-refractivity contribution < 1.29 is 9.18 Å². The molecule has 2 aromatic rings. The van der Waals surface area contributed by atoms with Crippen molar-refractivity contribution in [1.29, 1.82) is 0 Å². The lowest BCUT2D eigenvalue weighted by molar-refractivity contribution is 0.0954. The van der Waals surface area contributed by atoms with Gasteiger partial charge in [0.05, 0.1) is 0 Å². The summed E-state index contributed by atoms with van der Waals surface area (Å²) in [5.41, 5.74) is 3.69. The van der Waals surface area contributed by atoms with Gasteiger partial charge in [0.1, 0.15) is 5.82 Å². The van der Waals surface area contributed by atoms with Gasteiger partial charge in [-0.15, -0.1) is 0 Å². The third-order valence-corrected chi connectivity index (χ3v) is 3.07. The van der Waals surface area contributed by atoms with E-state index in [-0.39, 0.29) is 11.7 Å². The number of carbonyl (C=O) groups is 1. The van der Waals surface area contributed by atoms with Crippen molar-refractivity contribution in [2.45, 2.75) is 20.3 Å². The molecular weight excluding hydrogens is 253 g/mol. The van der Waals surface area contributed by atoms with Crippen molar-refractivity contribution in [2.24, 2.45) is 0 Å². The smallest absolute Gasteiger partial charge is 0.251 e. The summed E-state index contributed by atoms with van der Waals surface area (Å²) in [5.74, 6) is -0.337. The van der Waals surface area contributed by atoms with Crippen LogP contribution in [0.3, 0.4) is 0 Å². The molecule has 1 N–H and O–H groups in total. The number of hydrogen-bond acceptors (Lipinski definition) is 1. The Hall–Kier alpha value is -2.16. The lowest BCUT2D eigenvalue weighted by atomic mass is 10.1.